The van der Waals surface area contributed by atoms with Crippen molar-refractivity contribution in [3.05, 3.63) is 59.8 Å². The molecule has 5 nitrogen and oxygen atoms in total. The second kappa shape index (κ2) is 4.69. The largest absolute Gasteiger partial charge is 0.386 e. The van der Waals surface area contributed by atoms with Crippen molar-refractivity contribution in [2.24, 2.45) is 0 Å². The second-order valence-corrected chi connectivity index (χ2v) is 5.40. The van der Waals surface area contributed by atoms with E-state index in [9.17, 15) is 5.11 Å². The number of aliphatic hydroxyl groups is 1. The molecule has 3 rings (SSSR count). The maximum absolute atomic E-state index is 10.1. The van der Waals surface area contributed by atoms with Gasteiger partial charge in [-0.3, -0.25) is 4.98 Å². The molecule has 2 heterocycles. The maximum atomic E-state index is 10.1. The van der Waals surface area contributed by atoms with Crippen LogP contribution in [0.15, 0.2) is 42.9 Å². The monoisotopic (exact) mass is 278 g/mol. The molecule has 2 aromatic heterocycles. The van der Waals surface area contributed by atoms with Crippen LogP contribution in [0.25, 0.3) is 21.4 Å². The molecule has 1 aromatic carbocycles. The summed E-state index contributed by atoms with van der Waals surface area (Å²) < 4.78 is 1.76. The first-order valence-electron chi connectivity index (χ1n) is 6.52. The Hall–Kier alpha value is -2.71. The van der Waals surface area contributed by atoms with Gasteiger partial charge in [0, 0.05) is 17.1 Å². The van der Waals surface area contributed by atoms with E-state index >= 15 is 0 Å². The van der Waals surface area contributed by atoms with Crippen molar-refractivity contribution < 1.29 is 5.11 Å². The van der Waals surface area contributed by atoms with Gasteiger partial charge in [0.1, 0.15) is 0 Å². The molecule has 21 heavy (non-hydrogen) atoms. The van der Waals surface area contributed by atoms with Crippen molar-refractivity contribution in [2.75, 3.05) is 0 Å². The molecular formula is C16H14N4O. The number of fused-ring (bicyclic) bond motifs is 1. The van der Waals surface area contributed by atoms with Gasteiger partial charge in [0.2, 0.25) is 0 Å². The molecule has 0 atom stereocenters. The molecule has 0 aliphatic heterocycles. The van der Waals surface area contributed by atoms with Crippen molar-refractivity contribution in [1.82, 2.24) is 14.8 Å². The van der Waals surface area contributed by atoms with Crippen LogP contribution >= 0.6 is 0 Å². The summed E-state index contributed by atoms with van der Waals surface area (Å²) in [5.41, 5.74) is 2.03. The van der Waals surface area contributed by atoms with Crippen LogP contribution in [0.3, 0.4) is 0 Å². The summed E-state index contributed by atoms with van der Waals surface area (Å²) in [6.45, 7) is 10.5. The van der Waals surface area contributed by atoms with Gasteiger partial charge in [0.25, 0.3) is 0 Å². The summed E-state index contributed by atoms with van der Waals surface area (Å²) in [7, 11) is 0. The highest BCUT2D eigenvalue weighted by molar-refractivity contribution is 5.84. The molecule has 0 spiro atoms. The Labute approximate surface area is 122 Å². The summed E-state index contributed by atoms with van der Waals surface area (Å²) in [6, 6.07) is 7.30. The Morgan fingerprint density at radius 2 is 2.00 bits per heavy atom. The summed E-state index contributed by atoms with van der Waals surface area (Å²) in [4.78, 5) is 7.59. The van der Waals surface area contributed by atoms with E-state index in [4.69, 9.17) is 6.57 Å². The van der Waals surface area contributed by atoms with E-state index in [0.717, 1.165) is 22.2 Å². The van der Waals surface area contributed by atoms with E-state index in [-0.39, 0.29) is 0 Å². The van der Waals surface area contributed by atoms with Crippen LogP contribution in [0.4, 0.5) is 5.69 Å². The van der Waals surface area contributed by atoms with Gasteiger partial charge in [0.15, 0.2) is 5.69 Å². The second-order valence-electron chi connectivity index (χ2n) is 5.40. The Balaban J connectivity index is 2.15. The summed E-state index contributed by atoms with van der Waals surface area (Å²) in [6.07, 6.45) is 5.07. The Bertz CT molecular complexity index is 853. The molecule has 0 saturated carbocycles. The zero-order valence-corrected chi connectivity index (χ0v) is 11.8. The third-order valence-corrected chi connectivity index (χ3v) is 3.36. The first kappa shape index (κ1) is 13.3. The van der Waals surface area contributed by atoms with Crippen LogP contribution in [0.1, 0.15) is 19.4 Å². The number of benzene rings is 1. The molecule has 0 amide bonds. The van der Waals surface area contributed by atoms with E-state index in [2.05, 4.69) is 14.9 Å². The van der Waals surface area contributed by atoms with Crippen molar-refractivity contribution in [1.29, 1.82) is 0 Å². The Morgan fingerprint density at radius 3 is 2.71 bits per heavy atom. The molecule has 0 bridgehead atoms. The molecule has 1 N–H and O–H groups in total. The lowest BCUT2D eigenvalue weighted by Crippen LogP contribution is -2.16. The van der Waals surface area contributed by atoms with E-state index in [1.807, 2.05) is 12.1 Å². The maximum Gasteiger partial charge on any atom is 0.188 e. The van der Waals surface area contributed by atoms with Gasteiger partial charge in [-0.2, -0.15) is 5.10 Å². The third kappa shape index (κ3) is 2.37. The van der Waals surface area contributed by atoms with Gasteiger partial charge in [-0.05, 0) is 32.0 Å². The van der Waals surface area contributed by atoms with Crippen molar-refractivity contribution in [3.63, 3.8) is 0 Å². The highest BCUT2D eigenvalue weighted by Gasteiger charge is 2.17. The number of hydrogen-bond donors (Lipinski definition) is 1. The van der Waals surface area contributed by atoms with Crippen LogP contribution in [0.2, 0.25) is 0 Å². The van der Waals surface area contributed by atoms with Crippen molar-refractivity contribution >= 4 is 16.6 Å². The van der Waals surface area contributed by atoms with Gasteiger partial charge in [-0.1, -0.05) is 6.07 Å². The lowest BCUT2D eigenvalue weighted by Gasteiger charge is -2.18. The van der Waals surface area contributed by atoms with Gasteiger partial charge in [0.05, 0.1) is 35.8 Å². The van der Waals surface area contributed by atoms with Gasteiger partial charge in [-0.15, -0.1) is 0 Å². The molecule has 0 aliphatic carbocycles. The van der Waals surface area contributed by atoms with Gasteiger partial charge >= 0.3 is 0 Å². The van der Waals surface area contributed by atoms with Crippen LogP contribution in [0.5, 0.6) is 0 Å². The molecule has 3 aromatic rings. The van der Waals surface area contributed by atoms with E-state index in [1.165, 1.54) is 0 Å². The fourth-order valence-electron chi connectivity index (χ4n) is 2.17. The molecule has 0 saturated heterocycles. The number of aromatic nitrogens is 3. The lowest BCUT2D eigenvalue weighted by molar-refractivity contribution is 0.0782. The SMILES string of the molecule is [C-]#[N+]c1ccc2c(cnn2-c2cncc(C(C)(C)O)c2)c1. The first-order valence-corrected chi connectivity index (χ1v) is 6.52. The zero-order valence-electron chi connectivity index (χ0n) is 11.8. The zero-order chi connectivity index (χ0) is 15.0. The predicted molar refractivity (Wildman–Crippen MR) is 80.4 cm³/mol. The summed E-state index contributed by atoms with van der Waals surface area (Å²) in [5, 5.41) is 15.3. The van der Waals surface area contributed by atoms with Crippen LogP contribution < -0.4 is 0 Å². The van der Waals surface area contributed by atoms with Gasteiger partial charge in [-0.25, -0.2) is 9.53 Å². The molecular weight excluding hydrogens is 264 g/mol. The highest BCUT2D eigenvalue weighted by Crippen LogP contribution is 2.25. The standard InChI is InChI=1S/C16H14N4O/c1-16(2,21)12-7-14(10-18-9-12)20-15-5-4-13(17-3)6-11(15)8-19-20/h4-10,21H,1-2H3. The number of hydrogen-bond acceptors (Lipinski definition) is 3. The fraction of sp³-hybridized carbons (Fsp3) is 0.188. The van der Waals surface area contributed by atoms with Gasteiger partial charge < -0.3 is 5.11 Å². The number of pyridine rings is 1. The molecule has 0 fully saturated rings. The topological polar surface area (TPSA) is 55.3 Å². The van der Waals surface area contributed by atoms with Crippen LogP contribution in [0, 0.1) is 6.57 Å². The van der Waals surface area contributed by atoms with E-state index in [0.29, 0.717) is 5.69 Å². The molecule has 0 radical (unpaired) electrons. The molecule has 0 aliphatic rings. The van der Waals surface area contributed by atoms with E-state index < -0.39 is 5.60 Å². The minimum absolute atomic E-state index is 0.588. The third-order valence-electron chi connectivity index (χ3n) is 3.36. The molecule has 0 unspecified atom stereocenters. The number of rotatable bonds is 2. The first-order chi connectivity index (χ1) is 9.99. The Kier molecular flexibility index (Phi) is 2.96. The van der Waals surface area contributed by atoms with E-state index in [1.54, 1.807) is 49.3 Å². The van der Waals surface area contributed by atoms with Crippen molar-refractivity contribution in [2.45, 2.75) is 19.4 Å². The average molecular weight is 278 g/mol. The Morgan fingerprint density at radius 1 is 1.19 bits per heavy atom. The molecule has 5 heteroatoms. The summed E-state index contributed by atoms with van der Waals surface area (Å²) in [5.74, 6) is 0. The van der Waals surface area contributed by atoms with Crippen LogP contribution in [-0.2, 0) is 5.60 Å². The fourth-order valence-corrected chi connectivity index (χ4v) is 2.17. The van der Waals surface area contributed by atoms with Crippen LogP contribution in [-0.4, -0.2) is 19.9 Å². The average Bonchev–Trinajstić information content (AvgIpc) is 2.89. The minimum Gasteiger partial charge on any atom is -0.386 e. The predicted octanol–water partition coefficient (Wildman–Crippen LogP) is 3.20. The smallest absolute Gasteiger partial charge is 0.188 e. The quantitative estimate of drug-likeness (QED) is 0.732. The molecule has 104 valence electrons. The minimum atomic E-state index is -0.955. The highest BCUT2D eigenvalue weighted by atomic mass is 16.3. The normalized spacial score (nSPS) is 11.5. The number of nitrogens with zero attached hydrogens (tertiary/aromatic N) is 4. The van der Waals surface area contributed by atoms with Crippen molar-refractivity contribution in [3.8, 4) is 5.69 Å². The lowest BCUT2D eigenvalue weighted by atomic mass is 10.0. The summed E-state index contributed by atoms with van der Waals surface area (Å²) >= 11 is 0.